The third kappa shape index (κ3) is 5.76. The molecule has 0 aliphatic carbocycles. The topological polar surface area (TPSA) is 87.3 Å². The number of rotatable bonds is 6. The highest BCUT2D eigenvalue weighted by atomic mass is 19.1. The fourth-order valence-corrected chi connectivity index (χ4v) is 4.20. The maximum absolute atomic E-state index is 13.3. The number of carbonyl (C=O) groups is 2. The van der Waals surface area contributed by atoms with E-state index in [2.05, 4.69) is 15.3 Å². The van der Waals surface area contributed by atoms with Crippen LogP contribution in [0.1, 0.15) is 25.1 Å². The van der Waals surface area contributed by atoms with E-state index in [4.69, 9.17) is 4.74 Å². The van der Waals surface area contributed by atoms with Gasteiger partial charge in [-0.15, -0.1) is 0 Å². The Morgan fingerprint density at radius 1 is 1.21 bits per heavy atom. The number of amides is 2. The van der Waals surface area contributed by atoms with Crippen LogP contribution in [0.5, 0.6) is 0 Å². The molecule has 1 aliphatic rings. The van der Waals surface area contributed by atoms with Crippen LogP contribution in [0.3, 0.4) is 0 Å². The van der Waals surface area contributed by atoms with Gasteiger partial charge in [0.25, 0.3) is 0 Å². The molecular formula is C25H29FN4O3. The van der Waals surface area contributed by atoms with Crippen molar-refractivity contribution < 1.29 is 18.7 Å². The summed E-state index contributed by atoms with van der Waals surface area (Å²) in [5.74, 6) is -0.693. The van der Waals surface area contributed by atoms with Crippen LogP contribution in [0.4, 0.5) is 4.39 Å². The number of halogens is 1. The maximum atomic E-state index is 13.3. The fourth-order valence-electron chi connectivity index (χ4n) is 4.20. The van der Waals surface area contributed by atoms with Crippen molar-refractivity contribution in [3.8, 4) is 0 Å². The number of ether oxygens (including phenoxy) is 1. The Morgan fingerprint density at radius 2 is 2.00 bits per heavy atom. The minimum Gasteiger partial charge on any atom is -0.379 e. The summed E-state index contributed by atoms with van der Waals surface area (Å²) in [5, 5.41) is 3.90. The van der Waals surface area contributed by atoms with Gasteiger partial charge in [-0.05, 0) is 56.2 Å². The molecule has 1 aromatic carbocycles. The van der Waals surface area contributed by atoms with Crippen molar-refractivity contribution in [3.63, 3.8) is 0 Å². The summed E-state index contributed by atoms with van der Waals surface area (Å²) in [6.45, 7) is 5.41. The first kappa shape index (κ1) is 22.9. The second-order valence-electron chi connectivity index (χ2n) is 9.09. The summed E-state index contributed by atoms with van der Waals surface area (Å²) in [4.78, 5) is 35.4. The second-order valence-corrected chi connectivity index (χ2v) is 9.09. The Balaban J connectivity index is 1.38. The molecule has 0 saturated carbocycles. The molecule has 1 atom stereocenters. The van der Waals surface area contributed by atoms with Crippen molar-refractivity contribution >= 4 is 22.8 Å². The molecule has 3 aromatic rings. The number of H-pyrrole nitrogens is 1. The fraction of sp³-hybridized carbons (Fsp3) is 0.400. The van der Waals surface area contributed by atoms with Crippen molar-refractivity contribution in [1.29, 1.82) is 0 Å². The summed E-state index contributed by atoms with van der Waals surface area (Å²) in [6, 6.07) is 11.8. The lowest BCUT2D eigenvalue weighted by atomic mass is 9.99. The molecule has 2 N–H and O–H groups in total. The first-order chi connectivity index (χ1) is 15.8. The molecule has 4 rings (SSSR count). The SMILES string of the molecule is CC(C)(NC(=O)Cc1ccc(F)cc1)C(=O)N1CCOCC(Cc2ccc3cc[nH]c3n2)C1. The number of nitrogens with one attached hydrogen (secondary N) is 2. The zero-order valence-electron chi connectivity index (χ0n) is 18.9. The standard InChI is InChI=1S/C25H29FN4O3/c1-25(2,29-22(31)14-17-3-6-20(26)7-4-17)24(32)30-11-12-33-16-18(15-30)13-21-8-5-19-9-10-27-23(19)28-21/h3-10,18H,11-16H2,1-2H3,(H,27,28)(H,29,31). The zero-order chi connectivity index (χ0) is 23.4. The average Bonchev–Trinajstić information content (AvgIpc) is 3.12. The molecule has 1 aliphatic heterocycles. The van der Waals surface area contributed by atoms with Crippen molar-refractivity contribution in [1.82, 2.24) is 20.2 Å². The van der Waals surface area contributed by atoms with E-state index in [1.807, 2.05) is 24.4 Å². The van der Waals surface area contributed by atoms with E-state index < -0.39 is 5.54 Å². The zero-order valence-corrected chi connectivity index (χ0v) is 18.9. The normalized spacial score (nSPS) is 17.1. The van der Waals surface area contributed by atoms with E-state index in [9.17, 15) is 14.0 Å². The molecule has 2 amide bonds. The number of aromatic nitrogens is 2. The van der Waals surface area contributed by atoms with Crippen LogP contribution in [0.15, 0.2) is 48.7 Å². The Morgan fingerprint density at radius 3 is 2.79 bits per heavy atom. The van der Waals surface area contributed by atoms with Gasteiger partial charge in [-0.1, -0.05) is 12.1 Å². The van der Waals surface area contributed by atoms with E-state index >= 15 is 0 Å². The van der Waals surface area contributed by atoms with Crippen LogP contribution < -0.4 is 5.32 Å². The summed E-state index contributed by atoms with van der Waals surface area (Å²) in [6.07, 6.45) is 2.63. The molecule has 174 valence electrons. The van der Waals surface area contributed by atoms with E-state index in [1.165, 1.54) is 12.1 Å². The first-order valence-corrected chi connectivity index (χ1v) is 11.2. The molecule has 0 bridgehead atoms. The molecule has 33 heavy (non-hydrogen) atoms. The predicted octanol–water partition coefficient (Wildman–Crippen LogP) is 2.86. The van der Waals surface area contributed by atoms with E-state index in [-0.39, 0.29) is 30.0 Å². The molecule has 1 saturated heterocycles. The van der Waals surface area contributed by atoms with Crippen molar-refractivity contribution in [2.75, 3.05) is 26.3 Å². The minimum atomic E-state index is -1.08. The van der Waals surface area contributed by atoms with Gasteiger partial charge in [0.1, 0.15) is 17.0 Å². The molecule has 3 heterocycles. The molecular weight excluding hydrogens is 423 g/mol. The smallest absolute Gasteiger partial charge is 0.247 e. The van der Waals surface area contributed by atoms with Crippen molar-refractivity contribution in [2.24, 2.45) is 5.92 Å². The van der Waals surface area contributed by atoms with Gasteiger partial charge in [-0.3, -0.25) is 9.59 Å². The summed E-state index contributed by atoms with van der Waals surface area (Å²) in [7, 11) is 0. The van der Waals surface area contributed by atoms with Crippen LogP contribution in [0.25, 0.3) is 11.0 Å². The van der Waals surface area contributed by atoms with Gasteiger partial charge in [0, 0.05) is 36.3 Å². The number of hydrogen-bond donors (Lipinski definition) is 2. The van der Waals surface area contributed by atoms with Gasteiger partial charge < -0.3 is 19.9 Å². The van der Waals surface area contributed by atoms with Crippen LogP contribution in [0, 0.1) is 11.7 Å². The van der Waals surface area contributed by atoms with Gasteiger partial charge >= 0.3 is 0 Å². The summed E-state index contributed by atoms with van der Waals surface area (Å²) in [5.41, 5.74) is 1.40. The monoisotopic (exact) mass is 452 g/mol. The second kappa shape index (κ2) is 9.70. The molecule has 2 aromatic heterocycles. The predicted molar refractivity (Wildman–Crippen MR) is 123 cm³/mol. The van der Waals surface area contributed by atoms with Crippen molar-refractivity contribution in [2.45, 2.75) is 32.2 Å². The lowest BCUT2D eigenvalue weighted by Crippen LogP contribution is -2.57. The van der Waals surface area contributed by atoms with E-state index in [0.29, 0.717) is 38.3 Å². The van der Waals surface area contributed by atoms with Gasteiger partial charge in [0.05, 0.1) is 19.6 Å². The first-order valence-electron chi connectivity index (χ1n) is 11.2. The van der Waals surface area contributed by atoms with E-state index in [0.717, 1.165) is 16.7 Å². The minimum absolute atomic E-state index is 0.0790. The van der Waals surface area contributed by atoms with Crippen LogP contribution in [-0.2, 0) is 27.2 Å². The molecule has 0 radical (unpaired) electrons. The molecule has 7 nitrogen and oxygen atoms in total. The van der Waals surface area contributed by atoms with Gasteiger partial charge in [0.15, 0.2) is 0 Å². The maximum Gasteiger partial charge on any atom is 0.247 e. The number of carbonyl (C=O) groups excluding carboxylic acids is 2. The lowest BCUT2D eigenvalue weighted by Gasteiger charge is -2.33. The van der Waals surface area contributed by atoms with Gasteiger partial charge in [-0.25, -0.2) is 9.37 Å². The highest BCUT2D eigenvalue weighted by molar-refractivity contribution is 5.91. The van der Waals surface area contributed by atoms with Crippen LogP contribution in [-0.4, -0.2) is 58.5 Å². The van der Waals surface area contributed by atoms with Crippen molar-refractivity contribution in [3.05, 3.63) is 65.7 Å². The summed E-state index contributed by atoms with van der Waals surface area (Å²) >= 11 is 0. The molecule has 1 unspecified atom stereocenters. The third-order valence-electron chi connectivity index (χ3n) is 5.85. The number of aromatic amines is 1. The third-order valence-corrected chi connectivity index (χ3v) is 5.85. The van der Waals surface area contributed by atoms with E-state index in [1.54, 1.807) is 30.9 Å². The molecule has 8 heteroatoms. The number of hydrogen-bond acceptors (Lipinski definition) is 4. The quantitative estimate of drug-likeness (QED) is 0.602. The highest BCUT2D eigenvalue weighted by Crippen LogP contribution is 2.18. The number of fused-ring (bicyclic) bond motifs is 1. The number of pyridine rings is 1. The van der Waals surface area contributed by atoms with Gasteiger partial charge in [-0.2, -0.15) is 0 Å². The lowest BCUT2D eigenvalue weighted by molar-refractivity contribution is -0.140. The number of nitrogens with zero attached hydrogens (tertiary/aromatic N) is 2. The van der Waals surface area contributed by atoms with Crippen LogP contribution in [0.2, 0.25) is 0 Å². The van der Waals surface area contributed by atoms with Crippen LogP contribution >= 0.6 is 0 Å². The molecule has 1 fully saturated rings. The Bertz CT molecular complexity index is 1130. The molecule has 0 spiro atoms. The Hall–Kier alpha value is -3.26. The summed E-state index contributed by atoms with van der Waals surface area (Å²) < 4.78 is 18.9. The Kier molecular flexibility index (Phi) is 6.74. The highest BCUT2D eigenvalue weighted by Gasteiger charge is 2.35. The van der Waals surface area contributed by atoms with Gasteiger partial charge in [0.2, 0.25) is 11.8 Å². The average molecular weight is 453 g/mol. The number of benzene rings is 1. The Labute approximate surface area is 192 Å². The largest absolute Gasteiger partial charge is 0.379 e.